The van der Waals surface area contributed by atoms with Gasteiger partial charge in [0.25, 0.3) is 0 Å². The topological polar surface area (TPSA) is 165 Å². The van der Waals surface area contributed by atoms with Crippen LogP contribution in [0.5, 0.6) is 0 Å². The minimum atomic E-state index is -2.16. The summed E-state index contributed by atoms with van der Waals surface area (Å²) in [6, 6.07) is 0. The monoisotopic (exact) mass is 370 g/mol. The molecule has 1 aliphatic carbocycles. The SMILES string of the molecule is CCCCCOC(=O)C1=C(C(=O)OC)C(C(=O)O)=C(C(=O)O)C1C(=O)O. The Labute approximate surface area is 147 Å². The van der Waals surface area contributed by atoms with Crippen molar-refractivity contribution in [3.05, 3.63) is 22.3 Å². The van der Waals surface area contributed by atoms with Crippen LogP contribution in [-0.4, -0.2) is 58.9 Å². The highest BCUT2D eigenvalue weighted by Crippen LogP contribution is 2.39. The van der Waals surface area contributed by atoms with E-state index in [0.29, 0.717) is 6.42 Å². The fourth-order valence-electron chi connectivity index (χ4n) is 2.53. The zero-order valence-corrected chi connectivity index (χ0v) is 14.1. The van der Waals surface area contributed by atoms with Gasteiger partial charge in [-0.1, -0.05) is 19.8 Å². The van der Waals surface area contributed by atoms with Crippen LogP contribution < -0.4 is 0 Å². The van der Waals surface area contributed by atoms with Crippen molar-refractivity contribution in [3.63, 3.8) is 0 Å². The molecule has 142 valence electrons. The number of carboxylic acid groups (broad SMARTS) is 3. The molecule has 0 spiro atoms. The first-order chi connectivity index (χ1) is 12.2. The van der Waals surface area contributed by atoms with Crippen molar-refractivity contribution >= 4 is 29.8 Å². The first kappa shape index (κ1) is 20.9. The fraction of sp³-hybridized carbons (Fsp3) is 0.438. The van der Waals surface area contributed by atoms with Crippen LogP contribution in [0.4, 0.5) is 0 Å². The van der Waals surface area contributed by atoms with E-state index in [1.807, 2.05) is 6.92 Å². The van der Waals surface area contributed by atoms with Gasteiger partial charge in [0, 0.05) is 0 Å². The number of unbranched alkanes of at least 4 members (excludes halogenated alkanes) is 2. The van der Waals surface area contributed by atoms with E-state index >= 15 is 0 Å². The summed E-state index contributed by atoms with van der Waals surface area (Å²) in [5, 5.41) is 27.9. The average Bonchev–Trinajstić information content (AvgIpc) is 2.94. The molecule has 1 atom stereocenters. The van der Waals surface area contributed by atoms with Crippen LogP contribution in [0.15, 0.2) is 22.3 Å². The van der Waals surface area contributed by atoms with Crippen LogP contribution in [0.25, 0.3) is 0 Å². The quantitative estimate of drug-likeness (QED) is 0.381. The smallest absolute Gasteiger partial charge is 0.339 e. The van der Waals surface area contributed by atoms with Gasteiger partial charge in [-0.3, -0.25) is 4.79 Å². The van der Waals surface area contributed by atoms with E-state index in [0.717, 1.165) is 20.0 Å². The molecule has 26 heavy (non-hydrogen) atoms. The van der Waals surface area contributed by atoms with Gasteiger partial charge in [-0.05, 0) is 6.42 Å². The average molecular weight is 370 g/mol. The second-order valence-corrected chi connectivity index (χ2v) is 5.29. The molecule has 0 aromatic heterocycles. The molecule has 1 aliphatic rings. The second kappa shape index (κ2) is 8.79. The molecule has 0 aliphatic heterocycles. The molecule has 0 aromatic carbocycles. The summed E-state index contributed by atoms with van der Waals surface area (Å²) in [4.78, 5) is 58.8. The number of ether oxygens (including phenoxy) is 2. The number of hydrogen-bond donors (Lipinski definition) is 3. The molecule has 10 nitrogen and oxygen atoms in total. The summed E-state index contributed by atoms with van der Waals surface area (Å²) < 4.78 is 9.32. The lowest BCUT2D eigenvalue weighted by Crippen LogP contribution is -2.26. The van der Waals surface area contributed by atoms with Gasteiger partial charge in [-0.15, -0.1) is 0 Å². The Bertz CT molecular complexity index is 713. The number of carbonyl (C=O) groups is 5. The molecule has 1 rings (SSSR count). The van der Waals surface area contributed by atoms with Crippen LogP contribution in [0.2, 0.25) is 0 Å². The summed E-state index contributed by atoms with van der Waals surface area (Å²) in [6.07, 6.45) is 2.00. The predicted molar refractivity (Wildman–Crippen MR) is 82.9 cm³/mol. The lowest BCUT2D eigenvalue weighted by molar-refractivity contribution is -0.146. The van der Waals surface area contributed by atoms with Crippen molar-refractivity contribution in [1.82, 2.24) is 0 Å². The second-order valence-electron chi connectivity index (χ2n) is 5.29. The van der Waals surface area contributed by atoms with Crippen molar-refractivity contribution in [2.24, 2.45) is 5.92 Å². The van der Waals surface area contributed by atoms with Crippen LogP contribution in [0, 0.1) is 5.92 Å². The lowest BCUT2D eigenvalue weighted by Gasteiger charge is -2.13. The Morgan fingerprint density at radius 2 is 1.50 bits per heavy atom. The minimum absolute atomic E-state index is 0.0955. The Kier molecular flexibility index (Phi) is 7.06. The number of rotatable bonds is 9. The van der Waals surface area contributed by atoms with Gasteiger partial charge < -0.3 is 24.8 Å². The maximum atomic E-state index is 12.3. The van der Waals surface area contributed by atoms with E-state index < -0.39 is 58.1 Å². The summed E-state index contributed by atoms with van der Waals surface area (Å²) in [7, 11) is 0.882. The van der Waals surface area contributed by atoms with Crippen LogP contribution in [0.3, 0.4) is 0 Å². The van der Waals surface area contributed by atoms with Gasteiger partial charge >= 0.3 is 29.8 Å². The molecule has 0 radical (unpaired) electrons. The standard InChI is InChI=1S/C16H18O10/c1-3-4-5-6-26-16(24)11-9(14(21)22)7(12(17)18)8(13(19)20)10(11)15(23)25-2/h9H,3-6H2,1-2H3,(H,17,18)(H,19,20)(H,21,22). The number of hydrogen-bond acceptors (Lipinski definition) is 7. The van der Waals surface area contributed by atoms with Gasteiger partial charge in [0.2, 0.25) is 0 Å². The van der Waals surface area contributed by atoms with E-state index in [1.54, 1.807) is 0 Å². The minimum Gasteiger partial charge on any atom is -0.481 e. The van der Waals surface area contributed by atoms with Gasteiger partial charge in [-0.25, -0.2) is 19.2 Å². The molecule has 10 heteroatoms. The van der Waals surface area contributed by atoms with Crippen LogP contribution >= 0.6 is 0 Å². The third kappa shape index (κ3) is 4.08. The van der Waals surface area contributed by atoms with Crippen LogP contribution in [-0.2, 0) is 33.4 Å². The van der Waals surface area contributed by atoms with Crippen molar-refractivity contribution in [2.75, 3.05) is 13.7 Å². The molecule has 0 saturated heterocycles. The molecular formula is C16H18O10. The summed E-state index contributed by atoms with van der Waals surface area (Å²) in [5.41, 5.74) is -4.00. The van der Waals surface area contributed by atoms with Gasteiger partial charge in [-0.2, -0.15) is 0 Å². The highest BCUT2D eigenvalue weighted by atomic mass is 16.5. The molecule has 3 N–H and O–H groups in total. The predicted octanol–water partition coefficient (Wildman–Crippen LogP) is 0.370. The van der Waals surface area contributed by atoms with Crippen molar-refractivity contribution in [2.45, 2.75) is 26.2 Å². The van der Waals surface area contributed by atoms with Crippen molar-refractivity contribution in [3.8, 4) is 0 Å². The van der Waals surface area contributed by atoms with E-state index in [1.165, 1.54) is 0 Å². The number of carboxylic acids is 3. The van der Waals surface area contributed by atoms with E-state index in [-0.39, 0.29) is 6.61 Å². The normalized spacial score (nSPS) is 16.5. The number of carbonyl (C=O) groups excluding carboxylic acids is 2. The molecule has 0 saturated carbocycles. The van der Waals surface area contributed by atoms with Gasteiger partial charge in [0.15, 0.2) is 0 Å². The molecule has 0 fully saturated rings. The fourth-order valence-corrected chi connectivity index (χ4v) is 2.53. The van der Waals surface area contributed by atoms with Crippen molar-refractivity contribution < 1.29 is 48.8 Å². The first-order valence-electron chi connectivity index (χ1n) is 7.62. The molecular weight excluding hydrogens is 352 g/mol. The molecule has 0 heterocycles. The maximum absolute atomic E-state index is 12.3. The van der Waals surface area contributed by atoms with Gasteiger partial charge in [0.1, 0.15) is 5.92 Å². The van der Waals surface area contributed by atoms with Crippen molar-refractivity contribution in [1.29, 1.82) is 0 Å². The zero-order valence-electron chi connectivity index (χ0n) is 14.1. The summed E-state index contributed by atoms with van der Waals surface area (Å²) in [6.45, 7) is 1.81. The number of esters is 2. The highest BCUT2D eigenvalue weighted by Gasteiger charge is 2.50. The largest absolute Gasteiger partial charge is 0.481 e. The molecule has 1 unspecified atom stereocenters. The van der Waals surface area contributed by atoms with Crippen LogP contribution in [0.1, 0.15) is 26.2 Å². The molecule has 0 bridgehead atoms. The Morgan fingerprint density at radius 3 is 1.92 bits per heavy atom. The first-order valence-corrected chi connectivity index (χ1v) is 7.62. The number of methoxy groups -OCH3 is 1. The third-order valence-corrected chi connectivity index (χ3v) is 3.65. The zero-order chi connectivity index (χ0) is 20.0. The Hall–Kier alpha value is -3.17. The lowest BCUT2D eigenvalue weighted by atomic mass is 9.94. The number of aliphatic carboxylic acids is 3. The van der Waals surface area contributed by atoms with E-state index in [9.17, 15) is 39.3 Å². The van der Waals surface area contributed by atoms with E-state index in [2.05, 4.69) is 4.74 Å². The molecule has 0 aromatic rings. The van der Waals surface area contributed by atoms with E-state index in [4.69, 9.17) is 4.74 Å². The summed E-state index contributed by atoms with van der Waals surface area (Å²) in [5.74, 6) is -10.3. The highest BCUT2D eigenvalue weighted by molar-refractivity contribution is 6.21. The summed E-state index contributed by atoms with van der Waals surface area (Å²) >= 11 is 0. The Morgan fingerprint density at radius 1 is 0.885 bits per heavy atom. The third-order valence-electron chi connectivity index (χ3n) is 3.65. The Balaban J connectivity index is 3.52. The molecule has 0 amide bonds. The maximum Gasteiger partial charge on any atom is 0.339 e. The van der Waals surface area contributed by atoms with Gasteiger partial charge in [0.05, 0.1) is 36.0 Å².